The lowest BCUT2D eigenvalue weighted by Crippen LogP contribution is -2.07. The molecule has 8 heteroatoms. The van der Waals surface area contributed by atoms with Gasteiger partial charge in [-0.2, -0.15) is 0 Å². The summed E-state index contributed by atoms with van der Waals surface area (Å²) in [5, 5.41) is 0. The molecule has 0 aliphatic rings. The number of methoxy groups -OCH3 is 3. The summed E-state index contributed by atoms with van der Waals surface area (Å²) in [6, 6.07) is 6.45. The Labute approximate surface area is 182 Å². The molecule has 0 radical (unpaired) electrons. The van der Waals surface area contributed by atoms with Crippen molar-refractivity contribution in [1.29, 1.82) is 0 Å². The summed E-state index contributed by atoms with van der Waals surface area (Å²) in [5.74, 6) is 1.49. The molecule has 0 atom stereocenters. The Kier molecular flexibility index (Phi) is 9.80. The summed E-state index contributed by atoms with van der Waals surface area (Å²) in [4.78, 5) is 23.1. The molecule has 2 aromatic rings. The molecule has 0 saturated carbocycles. The molecule has 0 saturated heterocycles. The van der Waals surface area contributed by atoms with Crippen molar-refractivity contribution < 1.29 is 38.0 Å². The number of benzene rings is 2. The van der Waals surface area contributed by atoms with Gasteiger partial charge in [0.05, 0.1) is 20.8 Å². The lowest BCUT2D eigenvalue weighted by Gasteiger charge is -2.20. The van der Waals surface area contributed by atoms with E-state index in [-0.39, 0.29) is 6.79 Å². The Balaban J connectivity index is 2.70. The highest BCUT2D eigenvalue weighted by atomic mass is 16.7. The topological polar surface area (TPSA) is 89.5 Å². The van der Waals surface area contributed by atoms with E-state index >= 15 is 0 Å². The molecule has 0 aliphatic carbocycles. The molecule has 2 aromatic carbocycles. The maximum atomic E-state index is 11.6. The van der Waals surface area contributed by atoms with Gasteiger partial charge in [0.2, 0.25) is 0 Å². The van der Waals surface area contributed by atoms with Crippen molar-refractivity contribution in [2.75, 3.05) is 47.9 Å². The Bertz CT molecular complexity index is 878. The van der Waals surface area contributed by atoms with Crippen LogP contribution >= 0.6 is 0 Å². The smallest absolute Gasteiger partial charge is 0.189 e. The van der Waals surface area contributed by atoms with E-state index in [4.69, 9.17) is 28.4 Å². The van der Waals surface area contributed by atoms with E-state index in [2.05, 4.69) is 0 Å². The largest absolute Gasteiger partial charge is 0.493 e. The summed E-state index contributed by atoms with van der Waals surface area (Å²) in [7, 11) is 4.58. The standard InChI is InChI=1S/C23H28O8/c1-5-29-15-31-23-19(10-17(14-25)12-21(23)28-4)18-9-16(13-24)11-20(27-3)22(18)30-8-6-7-26-2/h9-14H,5-8,15H2,1-4H3. The van der Waals surface area contributed by atoms with Crippen LogP contribution in [-0.2, 0) is 9.47 Å². The van der Waals surface area contributed by atoms with E-state index in [0.29, 0.717) is 84.1 Å². The minimum Gasteiger partial charge on any atom is -0.493 e. The van der Waals surface area contributed by atoms with Crippen molar-refractivity contribution in [3.8, 4) is 34.1 Å². The fraction of sp³-hybridized carbons (Fsp3) is 0.391. The van der Waals surface area contributed by atoms with Gasteiger partial charge in [-0.25, -0.2) is 0 Å². The van der Waals surface area contributed by atoms with Crippen LogP contribution in [0.1, 0.15) is 34.1 Å². The van der Waals surface area contributed by atoms with Gasteiger partial charge in [0.15, 0.2) is 29.8 Å². The monoisotopic (exact) mass is 432 g/mol. The summed E-state index contributed by atoms with van der Waals surface area (Å²) in [5.41, 5.74) is 1.77. The zero-order valence-corrected chi connectivity index (χ0v) is 18.3. The fourth-order valence-corrected chi connectivity index (χ4v) is 2.95. The van der Waals surface area contributed by atoms with E-state index in [1.807, 2.05) is 6.92 Å². The van der Waals surface area contributed by atoms with Gasteiger partial charge in [-0.3, -0.25) is 9.59 Å². The molecule has 0 aromatic heterocycles. The van der Waals surface area contributed by atoms with Crippen LogP contribution in [0.4, 0.5) is 0 Å². The molecule has 168 valence electrons. The van der Waals surface area contributed by atoms with Crippen LogP contribution in [-0.4, -0.2) is 60.5 Å². The van der Waals surface area contributed by atoms with Crippen LogP contribution in [0.5, 0.6) is 23.0 Å². The van der Waals surface area contributed by atoms with Crippen LogP contribution < -0.4 is 18.9 Å². The molecule has 0 amide bonds. The molecule has 31 heavy (non-hydrogen) atoms. The van der Waals surface area contributed by atoms with Crippen LogP contribution in [0.3, 0.4) is 0 Å². The van der Waals surface area contributed by atoms with Gasteiger partial charge < -0.3 is 28.4 Å². The zero-order valence-electron chi connectivity index (χ0n) is 18.3. The van der Waals surface area contributed by atoms with Crippen molar-refractivity contribution >= 4 is 12.6 Å². The van der Waals surface area contributed by atoms with Crippen molar-refractivity contribution in [1.82, 2.24) is 0 Å². The van der Waals surface area contributed by atoms with Gasteiger partial charge >= 0.3 is 0 Å². The second-order valence-electron chi connectivity index (χ2n) is 6.39. The third-order valence-electron chi connectivity index (χ3n) is 4.39. The van der Waals surface area contributed by atoms with E-state index < -0.39 is 0 Å². The maximum Gasteiger partial charge on any atom is 0.189 e. The van der Waals surface area contributed by atoms with Gasteiger partial charge in [-0.1, -0.05) is 0 Å². The summed E-state index contributed by atoms with van der Waals surface area (Å²) >= 11 is 0. The number of carbonyl (C=O) groups excluding carboxylic acids is 2. The highest BCUT2D eigenvalue weighted by Gasteiger charge is 2.22. The molecule has 8 nitrogen and oxygen atoms in total. The molecule has 0 fully saturated rings. The first-order valence-corrected chi connectivity index (χ1v) is 9.80. The summed E-state index contributed by atoms with van der Waals surface area (Å²) < 4.78 is 33.2. The predicted octanol–water partition coefficient (Wildman–Crippen LogP) is 3.78. The van der Waals surface area contributed by atoms with Gasteiger partial charge in [0.1, 0.15) is 12.6 Å². The molecule has 0 N–H and O–H groups in total. The van der Waals surface area contributed by atoms with Crippen molar-refractivity contribution in [2.24, 2.45) is 0 Å². The molecule has 0 bridgehead atoms. The van der Waals surface area contributed by atoms with Crippen LogP contribution in [0.25, 0.3) is 11.1 Å². The third-order valence-corrected chi connectivity index (χ3v) is 4.39. The number of hydrogen-bond donors (Lipinski definition) is 0. The van der Waals surface area contributed by atoms with Gasteiger partial charge in [-0.15, -0.1) is 0 Å². The molecule has 2 rings (SSSR count). The van der Waals surface area contributed by atoms with E-state index in [1.165, 1.54) is 14.2 Å². The lowest BCUT2D eigenvalue weighted by molar-refractivity contribution is 0.0212. The Morgan fingerprint density at radius 2 is 1.32 bits per heavy atom. The quantitative estimate of drug-likeness (QED) is 0.253. The van der Waals surface area contributed by atoms with E-state index in [0.717, 1.165) is 0 Å². The molecule has 0 aliphatic heterocycles. The van der Waals surface area contributed by atoms with E-state index in [9.17, 15) is 9.59 Å². The fourth-order valence-electron chi connectivity index (χ4n) is 2.95. The minimum atomic E-state index is -0.0190. The first-order valence-electron chi connectivity index (χ1n) is 9.80. The van der Waals surface area contributed by atoms with E-state index in [1.54, 1.807) is 31.4 Å². The van der Waals surface area contributed by atoms with Gasteiger partial charge in [-0.05, 0) is 31.2 Å². The summed E-state index contributed by atoms with van der Waals surface area (Å²) in [6.07, 6.45) is 2.07. The predicted molar refractivity (Wildman–Crippen MR) is 115 cm³/mol. The third kappa shape index (κ3) is 6.19. The molecule has 0 unspecified atom stereocenters. The first kappa shape index (κ1) is 24.2. The molecular formula is C23H28O8. The van der Waals surface area contributed by atoms with Crippen LogP contribution in [0.15, 0.2) is 24.3 Å². The second kappa shape index (κ2) is 12.6. The van der Waals surface area contributed by atoms with Gasteiger partial charge in [0.25, 0.3) is 0 Å². The van der Waals surface area contributed by atoms with Crippen LogP contribution in [0.2, 0.25) is 0 Å². The van der Waals surface area contributed by atoms with Crippen molar-refractivity contribution in [2.45, 2.75) is 13.3 Å². The number of rotatable bonds is 14. The highest BCUT2D eigenvalue weighted by Crippen LogP contribution is 2.46. The number of hydrogen-bond acceptors (Lipinski definition) is 8. The number of aldehydes is 2. The Morgan fingerprint density at radius 1 is 0.774 bits per heavy atom. The average molecular weight is 432 g/mol. The lowest BCUT2D eigenvalue weighted by atomic mass is 9.98. The summed E-state index contributed by atoms with van der Waals surface area (Å²) in [6.45, 7) is 3.18. The van der Waals surface area contributed by atoms with Crippen molar-refractivity contribution in [3.05, 3.63) is 35.4 Å². The molecular weight excluding hydrogens is 404 g/mol. The number of carbonyl (C=O) groups is 2. The minimum absolute atomic E-state index is 0.0190. The normalized spacial score (nSPS) is 10.5. The van der Waals surface area contributed by atoms with Crippen LogP contribution in [0, 0.1) is 0 Å². The highest BCUT2D eigenvalue weighted by molar-refractivity contribution is 5.90. The first-order chi connectivity index (χ1) is 15.1. The number of ether oxygens (including phenoxy) is 6. The molecule has 0 spiro atoms. The van der Waals surface area contributed by atoms with Crippen molar-refractivity contribution in [3.63, 3.8) is 0 Å². The Morgan fingerprint density at radius 3 is 1.77 bits per heavy atom. The zero-order chi connectivity index (χ0) is 22.6. The maximum absolute atomic E-state index is 11.6. The second-order valence-corrected chi connectivity index (χ2v) is 6.39. The SMILES string of the molecule is CCOCOc1c(OC)cc(C=O)cc1-c1cc(C=O)cc(OC)c1OCCCOC. The average Bonchev–Trinajstić information content (AvgIpc) is 2.81. The Hall–Kier alpha value is -3.10. The molecule has 0 heterocycles. The van der Waals surface area contributed by atoms with Gasteiger partial charge in [0, 0.05) is 49.0 Å².